The number of aliphatic carboxylic acids is 1. The molecule has 0 aliphatic carbocycles. The van der Waals surface area contributed by atoms with Crippen molar-refractivity contribution >= 4 is 5.97 Å². The maximum Gasteiger partial charge on any atom is 0.416 e. The third kappa shape index (κ3) is 4.82. The molecular formula is C15H16F3N3O2. The molecule has 0 aliphatic rings. The average Bonchev–Trinajstić information content (AvgIpc) is 2.91. The van der Waals surface area contributed by atoms with Crippen LogP contribution in [0.1, 0.15) is 23.6 Å². The van der Waals surface area contributed by atoms with Gasteiger partial charge >= 0.3 is 12.1 Å². The third-order valence-corrected chi connectivity index (χ3v) is 3.30. The topological polar surface area (TPSA) is 67.2 Å². The Kier molecular flexibility index (Phi) is 5.05. The summed E-state index contributed by atoms with van der Waals surface area (Å²) in [5.41, 5.74) is 0.804. The minimum Gasteiger partial charge on any atom is -0.480 e. The Morgan fingerprint density at radius 3 is 2.52 bits per heavy atom. The molecule has 0 saturated heterocycles. The number of hydrogen-bond donors (Lipinski definition) is 2. The van der Waals surface area contributed by atoms with Gasteiger partial charge in [0, 0.05) is 18.3 Å². The van der Waals surface area contributed by atoms with Gasteiger partial charge in [0.2, 0.25) is 0 Å². The van der Waals surface area contributed by atoms with Crippen molar-refractivity contribution in [2.75, 3.05) is 0 Å². The fourth-order valence-corrected chi connectivity index (χ4v) is 1.93. The van der Waals surface area contributed by atoms with E-state index in [9.17, 15) is 18.0 Å². The van der Waals surface area contributed by atoms with Crippen molar-refractivity contribution < 1.29 is 23.1 Å². The van der Waals surface area contributed by atoms with E-state index >= 15 is 0 Å². The standard InChI is InChI=1S/C15H16F3N3O2/c1-10(14(22)23)19-6-12-7-20-21(9-12)8-11-2-4-13(5-3-11)15(16,17)18/h2-5,7,9-10,19H,6,8H2,1H3,(H,22,23). The number of rotatable bonds is 6. The second kappa shape index (κ2) is 6.82. The zero-order valence-electron chi connectivity index (χ0n) is 12.3. The van der Waals surface area contributed by atoms with Crippen molar-refractivity contribution in [3.8, 4) is 0 Å². The minimum atomic E-state index is -4.34. The molecule has 1 aromatic heterocycles. The van der Waals surface area contributed by atoms with Gasteiger partial charge in [-0.05, 0) is 24.6 Å². The number of benzene rings is 1. The van der Waals surface area contributed by atoms with Crippen molar-refractivity contribution in [2.45, 2.75) is 32.2 Å². The van der Waals surface area contributed by atoms with Crippen molar-refractivity contribution in [2.24, 2.45) is 0 Å². The van der Waals surface area contributed by atoms with Crippen molar-refractivity contribution in [3.05, 3.63) is 53.3 Å². The van der Waals surface area contributed by atoms with Gasteiger partial charge in [0.15, 0.2) is 0 Å². The summed E-state index contributed by atoms with van der Waals surface area (Å²) in [6.45, 7) is 2.22. The number of carboxylic acid groups (broad SMARTS) is 1. The maximum absolute atomic E-state index is 12.5. The molecule has 0 amide bonds. The van der Waals surface area contributed by atoms with E-state index < -0.39 is 23.8 Å². The van der Waals surface area contributed by atoms with Crippen molar-refractivity contribution in [1.82, 2.24) is 15.1 Å². The molecule has 1 atom stereocenters. The molecule has 2 aromatic rings. The van der Waals surface area contributed by atoms with Gasteiger partial charge in [-0.2, -0.15) is 18.3 Å². The van der Waals surface area contributed by atoms with Crippen LogP contribution in [0.5, 0.6) is 0 Å². The zero-order chi connectivity index (χ0) is 17.0. The molecule has 0 bridgehead atoms. The van der Waals surface area contributed by atoms with Gasteiger partial charge in [-0.25, -0.2) is 0 Å². The normalized spacial score (nSPS) is 13.0. The Hall–Kier alpha value is -2.35. The number of hydrogen-bond acceptors (Lipinski definition) is 3. The van der Waals surface area contributed by atoms with Gasteiger partial charge < -0.3 is 10.4 Å². The van der Waals surface area contributed by atoms with Crippen LogP contribution >= 0.6 is 0 Å². The fraction of sp³-hybridized carbons (Fsp3) is 0.333. The lowest BCUT2D eigenvalue weighted by Crippen LogP contribution is -2.32. The summed E-state index contributed by atoms with van der Waals surface area (Å²) in [6, 6.07) is 4.23. The molecule has 2 rings (SSSR count). The van der Waals surface area contributed by atoms with Crippen LogP contribution in [0.15, 0.2) is 36.7 Å². The van der Waals surface area contributed by atoms with Crippen LogP contribution in [0.4, 0.5) is 13.2 Å². The Morgan fingerprint density at radius 2 is 1.96 bits per heavy atom. The van der Waals surface area contributed by atoms with Crippen molar-refractivity contribution in [3.63, 3.8) is 0 Å². The summed E-state index contributed by atoms with van der Waals surface area (Å²) < 4.78 is 39.1. The lowest BCUT2D eigenvalue weighted by Gasteiger charge is -2.08. The number of alkyl halides is 3. The Bertz CT molecular complexity index is 665. The van der Waals surface area contributed by atoms with Crippen LogP contribution in [0.2, 0.25) is 0 Å². The molecule has 0 aliphatic heterocycles. The summed E-state index contributed by atoms with van der Waals surface area (Å²) >= 11 is 0. The monoisotopic (exact) mass is 327 g/mol. The maximum atomic E-state index is 12.5. The molecule has 1 aromatic carbocycles. The molecule has 0 radical (unpaired) electrons. The van der Waals surface area contributed by atoms with Gasteiger partial charge in [-0.15, -0.1) is 0 Å². The van der Waals surface area contributed by atoms with E-state index in [2.05, 4.69) is 10.4 Å². The highest BCUT2D eigenvalue weighted by Crippen LogP contribution is 2.29. The molecule has 0 spiro atoms. The Balaban J connectivity index is 1.95. The SMILES string of the molecule is CC(NCc1cnn(Cc2ccc(C(F)(F)F)cc2)c1)C(=O)O. The van der Waals surface area contributed by atoms with E-state index in [1.165, 1.54) is 19.1 Å². The Morgan fingerprint density at radius 1 is 1.30 bits per heavy atom. The summed E-state index contributed by atoms with van der Waals surface area (Å²) in [6.07, 6.45) is -1.03. The van der Waals surface area contributed by atoms with Crippen molar-refractivity contribution in [1.29, 1.82) is 0 Å². The number of halogens is 3. The molecule has 5 nitrogen and oxygen atoms in total. The number of nitrogens with zero attached hydrogens (tertiary/aromatic N) is 2. The van der Waals surface area contributed by atoms with E-state index in [1.807, 2.05) is 0 Å². The number of carbonyl (C=O) groups is 1. The first kappa shape index (κ1) is 17.0. The van der Waals surface area contributed by atoms with Crippen LogP contribution in [0.3, 0.4) is 0 Å². The number of nitrogens with one attached hydrogen (secondary N) is 1. The van der Waals surface area contributed by atoms with E-state index in [0.29, 0.717) is 18.7 Å². The predicted octanol–water partition coefficient (Wildman–Crippen LogP) is 2.51. The molecule has 124 valence electrons. The lowest BCUT2D eigenvalue weighted by atomic mass is 10.1. The highest BCUT2D eigenvalue weighted by atomic mass is 19.4. The molecular weight excluding hydrogens is 311 g/mol. The first-order chi connectivity index (χ1) is 10.8. The summed E-state index contributed by atoms with van der Waals surface area (Å²) in [4.78, 5) is 10.7. The summed E-state index contributed by atoms with van der Waals surface area (Å²) in [5.74, 6) is -0.942. The molecule has 1 heterocycles. The second-order valence-corrected chi connectivity index (χ2v) is 5.18. The predicted molar refractivity (Wildman–Crippen MR) is 76.7 cm³/mol. The molecule has 1 unspecified atom stereocenters. The second-order valence-electron chi connectivity index (χ2n) is 5.18. The summed E-state index contributed by atoms with van der Waals surface area (Å²) in [7, 11) is 0. The molecule has 23 heavy (non-hydrogen) atoms. The van der Waals surface area contributed by atoms with Crippen LogP contribution < -0.4 is 5.32 Å². The molecule has 8 heteroatoms. The van der Waals surface area contributed by atoms with Gasteiger partial charge in [0.1, 0.15) is 6.04 Å². The average molecular weight is 327 g/mol. The third-order valence-electron chi connectivity index (χ3n) is 3.30. The van der Waals surface area contributed by atoms with Gasteiger partial charge in [-0.3, -0.25) is 9.48 Å². The summed E-state index contributed by atoms with van der Waals surface area (Å²) in [5, 5.41) is 15.7. The van der Waals surface area contributed by atoms with E-state index in [4.69, 9.17) is 5.11 Å². The van der Waals surface area contributed by atoms with Gasteiger partial charge in [0.25, 0.3) is 0 Å². The van der Waals surface area contributed by atoms with E-state index in [-0.39, 0.29) is 0 Å². The van der Waals surface area contributed by atoms with Gasteiger partial charge in [-0.1, -0.05) is 12.1 Å². The number of aromatic nitrogens is 2. The highest BCUT2D eigenvalue weighted by Gasteiger charge is 2.29. The quantitative estimate of drug-likeness (QED) is 0.855. The van der Waals surface area contributed by atoms with Crippen LogP contribution in [-0.2, 0) is 24.1 Å². The zero-order valence-corrected chi connectivity index (χ0v) is 12.3. The Labute approximate surface area is 130 Å². The molecule has 0 fully saturated rings. The van der Waals surface area contributed by atoms with Crippen LogP contribution in [0, 0.1) is 0 Å². The van der Waals surface area contributed by atoms with E-state index in [0.717, 1.165) is 17.7 Å². The number of carboxylic acids is 1. The first-order valence-corrected chi connectivity index (χ1v) is 6.89. The lowest BCUT2D eigenvalue weighted by molar-refractivity contribution is -0.139. The highest BCUT2D eigenvalue weighted by molar-refractivity contribution is 5.72. The van der Waals surface area contributed by atoms with E-state index in [1.54, 1.807) is 17.1 Å². The fourth-order valence-electron chi connectivity index (χ4n) is 1.93. The van der Waals surface area contributed by atoms with Crippen LogP contribution in [0.25, 0.3) is 0 Å². The van der Waals surface area contributed by atoms with Crippen LogP contribution in [-0.4, -0.2) is 26.9 Å². The smallest absolute Gasteiger partial charge is 0.416 e. The first-order valence-electron chi connectivity index (χ1n) is 6.89. The largest absolute Gasteiger partial charge is 0.480 e. The molecule has 0 saturated carbocycles. The minimum absolute atomic E-state index is 0.340. The molecule has 2 N–H and O–H groups in total. The van der Waals surface area contributed by atoms with Gasteiger partial charge in [0.05, 0.1) is 18.3 Å².